The van der Waals surface area contributed by atoms with E-state index in [0.717, 1.165) is 4.47 Å². The summed E-state index contributed by atoms with van der Waals surface area (Å²) in [4.78, 5) is 13.1. The number of nitrogens with zero attached hydrogens (tertiary/aromatic N) is 3. The van der Waals surface area contributed by atoms with Gasteiger partial charge in [0.15, 0.2) is 0 Å². The SMILES string of the molecule is [N-]=[N+]=NC(=Cc1ccc(Br)cc1)C(=O)O. The Kier molecular flexibility index (Phi) is 3.91. The van der Waals surface area contributed by atoms with Crippen LogP contribution in [-0.2, 0) is 4.79 Å². The van der Waals surface area contributed by atoms with Crippen molar-refractivity contribution in [3.8, 4) is 0 Å². The van der Waals surface area contributed by atoms with E-state index < -0.39 is 5.97 Å². The molecule has 6 heteroatoms. The smallest absolute Gasteiger partial charge is 0.338 e. The predicted molar refractivity (Wildman–Crippen MR) is 58.9 cm³/mol. The fraction of sp³-hybridized carbons (Fsp3) is 0. The first-order valence-corrected chi connectivity index (χ1v) is 4.68. The van der Waals surface area contributed by atoms with E-state index in [9.17, 15) is 4.79 Å². The van der Waals surface area contributed by atoms with Crippen molar-refractivity contribution >= 4 is 28.0 Å². The highest BCUT2D eigenvalue weighted by molar-refractivity contribution is 9.10. The van der Waals surface area contributed by atoms with Crippen LogP contribution in [0.3, 0.4) is 0 Å². The molecule has 0 saturated heterocycles. The number of carbonyl (C=O) groups is 1. The first-order chi connectivity index (χ1) is 7.13. The third kappa shape index (κ3) is 3.46. The van der Waals surface area contributed by atoms with Crippen LogP contribution in [0.2, 0.25) is 0 Å². The molecule has 0 radical (unpaired) electrons. The molecule has 0 fully saturated rings. The Balaban J connectivity index is 3.07. The number of rotatable bonds is 3. The number of halogens is 1. The summed E-state index contributed by atoms with van der Waals surface area (Å²) in [6.07, 6.45) is 1.30. The Morgan fingerprint density at radius 3 is 2.53 bits per heavy atom. The Bertz CT molecular complexity index is 443. The van der Waals surface area contributed by atoms with Gasteiger partial charge in [-0.1, -0.05) is 33.2 Å². The Morgan fingerprint density at radius 2 is 2.07 bits per heavy atom. The lowest BCUT2D eigenvalue weighted by atomic mass is 10.2. The topological polar surface area (TPSA) is 86.1 Å². The van der Waals surface area contributed by atoms with Gasteiger partial charge in [0.2, 0.25) is 0 Å². The predicted octanol–water partition coefficient (Wildman–Crippen LogP) is 3.18. The highest BCUT2D eigenvalue weighted by Crippen LogP contribution is 2.13. The summed E-state index contributed by atoms with van der Waals surface area (Å²) >= 11 is 3.25. The second-order valence-corrected chi connectivity index (χ2v) is 3.49. The molecule has 0 amide bonds. The van der Waals surface area contributed by atoms with Crippen LogP contribution < -0.4 is 0 Å². The zero-order valence-corrected chi connectivity index (χ0v) is 9.05. The maximum atomic E-state index is 10.6. The van der Waals surface area contributed by atoms with E-state index in [1.165, 1.54) is 6.08 Å². The molecule has 0 aliphatic carbocycles. The van der Waals surface area contributed by atoms with Crippen molar-refractivity contribution in [1.29, 1.82) is 0 Å². The minimum Gasteiger partial charge on any atom is -0.478 e. The van der Waals surface area contributed by atoms with Gasteiger partial charge in [-0.3, -0.25) is 0 Å². The van der Waals surface area contributed by atoms with E-state index in [2.05, 4.69) is 26.0 Å². The van der Waals surface area contributed by atoms with Gasteiger partial charge in [-0.25, -0.2) is 4.79 Å². The van der Waals surface area contributed by atoms with Crippen LogP contribution in [0.25, 0.3) is 16.5 Å². The van der Waals surface area contributed by atoms with Crippen LogP contribution in [0.5, 0.6) is 0 Å². The van der Waals surface area contributed by atoms with Crippen LogP contribution in [0.1, 0.15) is 5.56 Å². The number of carboxylic acids is 1. The average molecular weight is 268 g/mol. The highest BCUT2D eigenvalue weighted by atomic mass is 79.9. The van der Waals surface area contributed by atoms with E-state index >= 15 is 0 Å². The number of carboxylic acid groups (broad SMARTS) is 1. The summed E-state index contributed by atoms with van der Waals surface area (Å²) in [6, 6.07) is 6.95. The first kappa shape index (κ1) is 11.3. The van der Waals surface area contributed by atoms with E-state index in [0.29, 0.717) is 5.56 Å². The summed E-state index contributed by atoms with van der Waals surface area (Å²) in [5, 5.41) is 11.7. The molecule has 5 nitrogen and oxygen atoms in total. The zero-order valence-electron chi connectivity index (χ0n) is 7.46. The molecule has 1 aromatic rings. The second kappa shape index (κ2) is 5.19. The molecule has 0 aliphatic rings. The molecule has 1 aromatic carbocycles. The van der Waals surface area contributed by atoms with E-state index in [-0.39, 0.29) is 5.70 Å². The van der Waals surface area contributed by atoms with Gasteiger partial charge >= 0.3 is 5.97 Å². The van der Waals surface area contributed by atoms with E-state index in [1.54, 1.807) is 24.3 Å². The maximum absolute atomic E-state index is 10.6. The van der Waals surface area contributed by atoms with Crippen LogP contribution in [0, 0.1) is 0 Å². The molecular formula is C9H6BrN3O2. The van der Waals surface area contributed by atoms with Crippen molar-refractivity contribution in [3.63, 3.8) is 0 Å². The molecular weight excluding hydrogens is 262 g/mol. The molecule has 0 aliphatic heterocycles. The lowest BCUT2D eigenvalue weighted by Crippen LogP contribution is -1.96. The molecule has 0 saturated carbocycles. The van der Waals surface area contributed by atoms with Gasteiger partial charge in [-0.2, -0.15) is 0 Å². The molecule has 15 heavy (non-hydrogen) atoms. The van der Waals surface area contributed by atoms with Crippen molar-refractivity contribution < 1.29 is 9.90 Å². The average Bonchev–Trinajstić information content (AvgIpc) is 2.20. The Morgan fingerprint density at radius 1 is 1.47 bits per heavy atom. The minimum atomic E-state index is -1.25. The largest absolute Gasteiger partial charge is 0.478 e. The normalized spacial score (nSPS) is 10.6. The fourth-order valence-electron chi connectivity index (χ4n) is 0.898. The highest BCUT2D eigenvalue weighted by Gasteiger charge is 2.03. The fourth-order valence-corrected chi connectivity index (χ4v) is 1.16. The first-order valence-electron chi connectivity index (χ1n) is 3.89. The van der Waals surface area contributed by atoms with Gasteiger partial charge in [-0.05, 0) is 29.3 Å². The van der Waals surface area contributed by atoms with Crippen LogP contribution in [-0.4, -0.2) is 11.1 Å². The molecule has 0 atom stereocenters. The zero-order chi connectivity index (χ0) is 11.3. The molecule has 0 spiro atoms. The van der Waals surface area contributed by atoms with Crippen molar-refractivity contribution in [2.45, 2.75) is 0 Å². The molecule has 0 unspecified atom stereocenters. The van der Waals surface area contributed by atoms with Gasteiger partial charge in [0.05, 0.1) is 0 Å². The molecule has 1 rings (SSSR count). The second-order valence-electron chi connectivity index (χ2n) is 2.58. The van der Waals surface area contributed by atoms with Crippen molar-refractivity contribution in [2.24, 2.45) is 5.11 Å². The van der Waals surface area contributed by atoms with Gasteiger partial charge < -0.3 is 5.11 Å². The number of hydrogen-bond acceptors (Lipinski definition) is 2. The monoisotopic (exact) mass is 267 g/mol. The maximum Gasteiger partial charge on any atom is 0.338 e. The van der Waals surface area contributed by atoms with Gasteiger partial charge in [-0.15, -0.1) is 0 Å². The number of aliphatic carboxylic acids is 1. The summed E-state index contributed by atoms with van der Waals surface area (Å²) in [5.74, 6) is -1.25. The quantitative estimate of drug-likeness (QED) is 0.395. The Hall–Kier alpha value is -1.78. The number of hydrogen-bond donors (Lipinski definition) is 1. The van der Waals surface area contributed by atoms with E-state index in [4.69, 9.17) is 10.6 Å². The van der Waals surface area contributed by atoms with Crippen molar-refractivity contribution in [3.05, 3.63) is 50.4 Å². The van der Waals surface area contributed by atoms with Gasteiger partial charge in [0.1, 0.15) is 5.70 Å². The lowest BCUT2D eigenvalue weighted by Gasteiger charge is -1.95. The summed E-state index contributed by atoms with van der Waals surface area (Å²) in [6.45, 7) is 0. The summed E-state index contributed by atoms with van der Waals surface area (Å²) in [5.41, 5.74) is 8.48. The Labute approximate surface area is 93.8 Å². The van der Waals surface area contributed by atoms with Crippen LogP contribution in [0.4, 0.5) is 0 Å². The molecule has 0 aromatic heterocycles. The van der Waals surface area contributed by atoms with E-state index in [1.807, 2.05) is 0 Å². The third-order valence-electron chi connectivity index (χ3n) is 1.54. The lowest BCUT2D eigenvalue weighted by molar-refractivity contribution is -0.132. The number of benzene rings is 1. The number of azide groups is 1. The van der Waals surface area contributed by atoms with Crippen LogP contribution >= 0.6 is 15.9 Å². The molecule has 0 bridgehead atoms. The molecule has 1 N–H and O–H groups in total. The standard InChI is InChI=1S/C9H6BrN3O2/c10-7-3-1-6(2-4-7)5-8(9(14)15)12-13-11/h1-5H,(H,14,15). The summed E-state index contributed by atoms with van der Waals surface area (Å²) in [7, 11) is 0. The summed E-state index contributed by atoms with van der Waals surface area (Å²) < 4.78 is 0.889. The minimum absolute atomic E-state index is 0.333. The van der Waals surface area contributed by atoms with Crippen LogP contribution in [0.15, 0.2) is 39.5 Å². The molecule has 76 valence electrons. The molecule has 0 heterocycles. The van der Waals surface area contributed by atoms with Crippen molar-refractivity contribution in [1.82, 2.24) is 0 Å². The van der Waals surface area contributed by atoms with Gasteiger partial charge in [0.25, 0.3) is 0 Å². The van der Waals surface area contributed by atoms with Crippen molar-refractivity contribution in [2.75, 3.05) is 0 Å². The third-order valence-corrected chi connectivity index (χ3v) is 2.07. The van der Waals surface area contributed by atoms with Gasteiger partial charge in [0, 0.05) is 9.38 Å².